The summed E-state index contributed by atoms with van der Waals surface area (Å²) in [6.45, 7) is 5.15. The van der Waals surface area contributed by atoms with Crippen LogP contribution in [0.15, 0.2) is 12.1 Å². The maximum atomic E-state index is 13.2. The average Bonchev–Trinajstić information content (AvgIpc) is 2.95. The molecule has 2 saturated heterocycles. The van der Waals surface area contributed by atoms with Crippen molar-refractivity contribution in [3.8, 4) is 17.2 Å². The Hall–Kier alpha value is -2.62. The predicted molar refractivity (Wildman–Crippen MR) is 106 cm³/mol. The number of amides is 2. The number of nitrogens with zero attached hydrogens (tertiary/aromatic N) is 1. The quantitative estimate of drug-likeness (QED) is 0.658. The minimum absolute atomic E-state index is 0.0962. The van der Waals surface area contributed by atoms with Crippen LogP contribution in [-0.4, -0.2) is 70.8 Å². The van der Waals surface area contributed by atoms with Crippen molar-refractivity contribution in [3.05, 3.63) is 17.7 Å². The predicted octanol–water partition coefficient (Wildman–Crippen LogP) is 1.35. The maximum Gasteiger partial charge on any atom is 0.327 e. The molecule has 0 radical (unpaired) electrons. The SMILES string of the molecule is COc1ccc(OC)c(C(=O)NC2(C)C(=O)N3[C@@H](C(=O)O)C(C)(C)S[C@@H]32)c1OC. The van der Waals surface area contributed by atoms with E-state index < -0.39 is 39.5 Å². The molecule has 2 aliphatic rings. The number of rotatable bonds is 6. The summed E-state index contributed by atoms with van der Waals surface area (Å²) >= 11 is 1.35. The van der Waals surface area contributed by atoms with Crippen molar-refractivity contribution in [1.82, 2.24) is 10.2 Å². The third-order valence-corrected chi connectivity index (χ3v) is 7.09. The Morgan fingerprint density at radius 3 is 2.21 bits per heavy atom. The van der Waals surface area contributed by atoms with Crippen LogP contribution in [0.4, 0.5) is 0 Å². The first-order valence-electron chi connectivity index (χ1n) is 8.88. The number of methoxy groups -OCH3 is 3. The van der Waals surface area contributed by atoms with Gasteiger partial charge in [0.05, 0.1) is 21.3 Å². The van der Waals surface area contributed by atoms with Crippen LogP contribution in [0.3, 0.4) is 0 Å². The molecular weight excluding hydrogens is 400 g/mol. The van der Waals surface area contributed by atoms with Crippen LogP contribution in [0.2, 0.25) is 0 Å². The van der Waals surface area contributed by atoms with Crippen molar-refractivity contribution in [2.24, 2.45) is 0 Å². The number of carboxylic acids is 1. The number of carbonyl (C=O) groups excluding carboxylic acids is 2. The summed E-state index contributed by atoms with van der Waals surface area (Å²) in [6.07, 6.45) is 0. The molecule has 0 aliphatic carbocycles. The van der Waals surface area contributed by atoms with Crippen LogP contribution >= 0.6 is 11.8 Å². The summed E-state index contributed by atoms with van der Waals surface area (Å²) < 4.78 is 15.2. The zero-order valence-electron chi connectivity index (χ0n) is 17.1. The Balaban J connectivity index is 1.95. The summed E-state index contributed by atoms with van der Waals surface area (Å²) in [4.78, 5) is 39.1. The molecule has 1 aromatic rings. The molecule has 0 spiro atoms. The van der Waals surface area contributed by atoms with Crippen molar-refractivity contribution in [3.63, 3.8) is 0 Å². The van der Waals surface area contributed by atoms with Gasteiger partial charge >= 0.3 is 5.97 Å². The Labute approximate surface area is 172 Å². The van der Waals surface area contributed by atoms with Crippen LogP contribution in [0.5, 0.6) is 17.2 Å². The summed E-state index contributed by atoms with van der Waals surface area (Å²) in [6, 6.07) is 2.22. The third kappa shape index (κ3) is 2.97. The van der Waals surface area contributed by atoms with E-state index in [0.29, 0.717) is 5.75 Å². The molecule has 158 valence electrons. The number of carbonyl (C=O) groups is 3. The van der Waals surface area contributed by atoms with Gasteiger partial charge in [-0.3, -0.25) is 9.59 Å². The number of nitrogens with one attached hydrogen (secondary N) is 1. The molecule has 9 nitrogen and oxygen atoms in total. The smallest absolute Gasteiger partial charge is 0.327 e. The molecule has 2 fully saturated rings. The monoisotopic (exact) mass is 424 g/mol. The van der Waals surface area contributed by atoms with Crippen molar-refractivity contribution >= 4 is 29.5 Å². The van der Waals surface area contributed by atoms with Gasteiger partial charge in [0.15, 0.2) is 11.5 Å². The third-order valence-electron chi connectivity index (χ3n) is 5.34. The van der Waals surface area contributed by atoms with E-state index in [4.69, 9.17) is 14.2 Å². The topological polar surface area (TPSA) is 114 Å². The molecule has 3 atom stereocenters. The first-order valence-corrected chi connectivity index (χ1v) is 9.76. The number of ether oxygens (including phenoxy) is 3. The Bertz CT molecular complexity index is 888. The first kappa shape index (κ1) is 21.1. The van der Waals surface area contributed by atoms with Gasteiger partial charge in [-0.1, -0.05) is 0 Å². The summed E-state index contributed by atoms with van der Waals surface area (Å²) in [5.74, 6) is -1.31. The van der Waals surface area contributed by atoms with Crippen molar-refractivity contribution in [1.29, 1.82) is 0 Å². The molecule has 2 heterocycles. The molecule has 1 unspecified atom stereocenters. The van der Waals surface area contributed by atoms with Gasteiger partial charge < -0.3 is 29.5 Å². The lowest BCUT2D eigenvalue weighted by Crippen LogP contribution is -2.78. The van der Waals surface area contributed by atoms with Crippen LogP contribution in [-0.2, 0) is 9.59 Å². The molecule has 2 amide bonds. The molecule has 2 aliphatic heterocycles. The fraction of sp³-hybridized carbons (Fsp3) is 0.526. The molecule has 1 aromatic carbocycles. The number of hydrogen-bond acceptors (Lipinski definition) is 7. The minimum atomic E-state index is -1.26. The van der Waals surface area contributed by atoms with Crippen molar-refractivity contribution in [2.75, 3.05) is 21.3 Å². The maximum absolute atomic E-state index is 13.2. The highest BCUT2D eigenvalue weighted by molar-refractivity contribution is 8.01. The van der Waals surface area contributed by atoms with E-state index in [2.05, 4.69) is 5.32 Å². The van der Waals surface area contributed by atoms with Crippen LogP contribution < -0.4 is 19.5 Å². The van der Waals surface area contributed by atoms with Crippen molar-refractivity contribution in [2.45, 2.75) is 42.5 Å². The van der Waals surface area contributed by atoms with Gasteiger partial charge in [0.25, 0.3) is 11.8 Å². The second kappa shape index (κ2) is 7.01. The average molecular weight is 424 g/mol. The lowest BCUT2D eigenvalue weighted by atomic mass is 9.86. The van der Waals surface area contributed by atoms with E-state index in [1.165, 1.54) is 38.0 Å². The van der Waals surface area contributed by atoms with Gasteiger partial charge in [-0.05, 0) is 32.9 Å². The zero-order valence-corrected chi connectivity index (χ0v) is 17.9. The van der Waals surface area contributed by atoms with Crippen LogP contribution in [0, 0.1) is 0 Å². The Morgan fingerprint density at radius 1 is 1.10 bits per heavy atom. The molecule has 0 saturated carbocycles. The first-order chi connectivity index (χ1) is 13.5. The second-order valence-corrected chi connectivity index (χ2v) is 9.30. The van der Waals surface area contributed by atoms with E-state index in [-0.39, 0.29) is 17.1 Å². The van der Waals surface area contributed by atoms with Gasteiger partial charge in [-0.25, -0.2) is 4.79 Å². The molecule has 0 bridgehead atoms. The lowest BCUT2D eigenvalue weighted by molar-refractivity contribution is -0.165. The fourth-order valence-corrected chi connectivity index (χ4v) is 5.58. The second-order valence-electron chi connectivity index (χ2n) is 7.56. The highest BCUT2D eigenvalue weighted by atomic mass is 32.2. The van der Waals surface area contributed by atoms with E-state index in [1.54, 1.807) is 32.9 Å². The number of carboxylic acid groups (broad SMARTS) is 1. The Kier molecular flexibility index (Phi) is 5.10. The molecule has 3 rings (SSSR count). The van der Waals surface area contributed by atoms with Crippen LogP contribution in [0.1, 0.15) is 31.1 Å². The van der Waals surface area contributed by atoms with Crippen molar-refractivity contribution < 1.29 is 33.7 Å². The molecular formula is C19H24N2O7S. The normalized spacial score (nSPS) is 27.0. The van der Waals surface area contributed by atoms with E-state index >= 15 is 0 Å². The number of hydrogen-bond donors (Lipinski definition) is 2. The summed E-state index contributed by atoms with van der Waals surface area (Å²) in [7, 11) is 4.27. The van der Waals surface area contributed by atoms with Gasteiger partial charge in [0.2, 0.25) is 0 Å². The molecule has 0 aromatic heterocycles. The number of benzene rings is 1. The summed E-state index contributed by atoms with van der Waals surface area (Å²) in [5.41, 5.74) is -1.17. The number of thioether (sulfide) groups is 1. The minimum Gasteiger partial charge on any atom is -0.496 e. The molecule has 10 heteroatoms. The van der Waals surface area contributed by atoms with Gasteiger partial charge in [-0.2, -0.15) is 0 Å². The number of aliphatic carboxylic acids is 1. The van der Waals surface area contributed by atoms with E-state index in [9.17, 15) is 19.5 Å². The number of β-lactam (4-membered cyclic amide) rings is 1. The standard InChI is InChI=1S/C19H24N2O7S/c1-18(2)13(15(23)24)21-16(25)19(3,17(21)29-18)20-14(22)11-9(26-4)7-8-10(27-5)12(11)28-6/h7-8,13,17H,1-6H3,(H,20,22)(H,23,24)/t13-,17+,19?/m0/s1. The summed E-state index contributed by atoms with van der Waals surface area (Å²) in [5, 5.41) is 11.8. The largest absolute Gasteiger partial charge is 0.496 e. The zero-order chi connectivity index (χ0) is 21.7. The van der Waals surface area contributed by atoms with E-state index in [0.717, 1.165) is 0 Å². The van der Waals surface area contributed by atoms with Gasteiger partial charge in [0.1, 0.15) is 28.3 Å². The molecule has 2 N–H and O–H groups in total. The lowest BCUT2D eigenvalue weighted by Gasteiger charge is -2.51. The van der Waals surface area contributed by atoms with Gasteiger partial charge in [-0.15, -0.1) is 11.8 Å². The molecule has 29 heavy (non-hydrogen) atoms. The number of fused-ring (bicyclic) bond motifs is 1. The Morgan fingerprint density at radius 2 is 1.69 bits per heavy atom. The van der Waals surface area contributed by atoms with E-state index in [1.807, 2.05) is 0 Å². The van der Waals surface area contributed by atoms with Gasteiger partial charge in [0, 0.05) is 4.75 Å². The highest BCUT2D eigenvalue weighted by Crippen LogP contribution is 2.55. The highest BCUT2D eigenvalue weighted by Gasteiger charge is 2.70. The van der Waals surface area contributed by atoms with Crippen LogP contribution in [0.25, 0.3) is 0 Å². The fourth-order valence-electron chi connectivity index (χ4n) is 3.93.